The highest BCUT2D eigenvalue weighted by atomic mass is 16.3. The molecule has 0 heterocycles. The van der Waals surface area contributed by atoms with Gasteiger partial charge in [-0.05, 0) is 43.7 Å². The van der Waals surface area contributed by atoms with Gasteiger partial charge in [0.2, 0.25) is 0 Å². The zero-order valence-electron chi connectivity index (χ0n) is 10.00. The van der Waals surface area contributed by atoms with Gasteiger partial charge in [-0.1, -0.05) is 36.6 Å². The third kappa shape index (κ3) is 1.34. The smallest absolute Gasteiger partial charge is 0.0640 e. The second kappa shape index (κ2) is 3.59. The van der Waals surface area contributed by atoms with Gasteiger partial charge in [0, 0.05) is 5.41 Å². The van der Waals surface area contributed by atoms with Crippen LogP contribution in [0.5, 0.6) is 0 Å². The number of fused-ring (bicyclic) bond motifs is 2. The van der Waals surface area contributed by atoms with E-state index in [4.69, 9.17) is 0 Å². The normalized spacial score (nSPS) is 27.0. The van der Waals surface area contributed by atoms with E-state index in [1.807, 2.05) is 0 Å². The highest BCUT2D eigenvalue weighted by Crippen LogP contribution is 2.48. The summed E-state index contributed by atoms with van der Waals surface area (Å²) in [5, 5.41) is 10.4. The summed E-state index contributed by atoms with van der Waals surface area (Å²) in [6, 6.07) is 6.80. The largest absolute Gasteiger partial charge is 0.392 e. The predicted molar refractivity (Wildman–Crippen MR) is 65.7 cm³/mol. The molecule has 16 heavy (non-hydrogen) atoms. The lowest BCUT2D eigenvalue weighted by Crippen LogP contribution is -2.41. The molecule has 1 nitrogen and oxygen atoms in total. The van der Waals surface area contributed by atoms with E-state index >= 15 is 0 Å². The van der Waals surface area contributed by atoms with Crippen molar-refractivity contribution in [2.75, 3.05) is 0 Å². The lowest BCUT2D eigenvalue weighted by atomic mass is 9.67. The van der Waals surface area contributed by atoms with Crippen molar-refractivity contribution in [2.45, 2.75) is 57.0 Å². The molecule has 1 fully saturated rings. The lowest BCUT2D eigenvalue weighted by Gasteiger charge is -2.40. The SMILES string of the molecule is Cc1ccc2c(c1)CCC(O)C21CCCC1. The maximum absolute atomic E-state index is 10.4. The van der Waals surface area contributed by atoms with E-state index in [0.717, 1.165) is 12.8 Å². The van der Waals surface area contributed by atoms with Crippen molar-refractivity contribution in [3.8, 4) is 0 Å². The molecule has 1 aromatic carbocycles. The second-order valence-electron chi connectivity index (χ2n) is 5.58. The van der Waals surface area contributed by atoms with Crippen molar-refractivity contribution in [3.63, 3.8) is 0 Å². The Hall–Kier alpha value is -0.820. The van der Waals surface area contributed by atoms with Gasteiger partial charge in [0.15, 0.2) is 0 Å². The van der Waals surface area contributed by atoms with Gasteiger partial charge in [-0.15, -0.1) is 0 Å². The molecular formula is C15H20O. The van der Waals surface area contributed by atoms with Crippen LogP contribution in [0.4, 0.5) is 0 Å². The second-order valence-corrected chi connectivity index (χ2v) is 5.58. The van der Waals surface area contributed by atoms with E-state index in [9.17, 15) is 5.11 Å². The standard InChI is InChI=1S/C15H20O/c1-11-4-6-13-12(10-11)5-7-14(16)15(13)8-2-3-9-15/h4,6,10,14,16H,2-3,5,7-9H2,1H3. The van der Waals surface area contributed by atoms with Crippen molar-refractivity contribution in [1.82, 2.24) is 0 Å². The number of rotatable bonds is 0. The fourth-order valence-electron chi connectivity index (χ4n) is 3.77. The molecule has 1 heteroatoms. The first-order valence-electron chi connectivity index (χ1n) is 6.50. The Labute approximate surface area is 97.5 Å². The van der Waals surface area contributed by atoms with Crippen LogP contribution in [0.25, 0.3) is 0 Å². The first-order chi connectivity index (χ1) is 7.72. The maximum atomic E-state index is 10.4. The van der Waals surface area contributed by atoms with Crippen LogP contribution in [-0.4, -0.2) is 11.2 Å². The number of hydrogen-bond donors (Lipinski definition) is 1. The van der Waals surface area contributed by atoms with Gasteiger partial charge in [0.1, 0.15) is 0 Å². The van der Waals surface area contributed by atoms with E-state index in [-0.39, 0.29) is 11.5 Å². The molecule has 2 aliphatic carbocycles. The fraction of sp³-hybridized carbons (Fsp3) is 0.600. The van der Waals surface area contributed by atoms with Gasteiger partial charge in [-0.2, -0.15) is 0 Å². The number of aliphatic hydroxyl groups is 1. The van der Waals surface area contributed by atoms with Crippen LogP contribution in [0.15, 0.2) is 18.2 Å². The van der Waals surface area contributed by atoms with Crippen molar-refractivity contribution in [2.24, 2.45) is 0 Å². The van der Waals surface area contributed by atoms with Gasteiger partial charge in [0.05, 0.1) is 6.10 Å². The molecule has 1 spiro atoms. The summed E-state index contributed by atoms with van der Waals surface area (Å²) in [4.78, 5) is 0. The van der Waals surface area contributed by atoms with Crippen LogP contribution in [0.3, 0.4) is 0 Å². The number of aliphatic hydroxyl groups excluding tert-OH is 1. The van der Waals surface area contributed by atoms with Gasteiger partial charge in [0.25, 0.3) is 0 Å². The monoisotopic (exact) mass is 216 g/mol. The van der Waals surface area contributed by atoms with E-state index in [0.29, 0.717) is 0 Å². The van der Waals surface area contributed by atoms with Crippen LogP contribution in [0, 0.1) is 6.92 Å². The number of benzene rings is 1. The van der Waals surface area contributed by atoms with Gasteiger partial charge in [-0.3, -0.25) is 0 Å². The molecule has 1 saturated carbocycles. The van der Waals surface area contributed by atoms with E-state index in [1.54, 1.807) is 0 Å². The number of hydrogen-bond acceptors (Lipinski definition) is 1. The minimum Gasteiger partial charge on any atom is -0.392 e. The third-order valence-corrected chi connectivity index (χ3v) is 4.62. The molecule has 1 atom stereocenters. The van der Waals surface area contributed by atoms with Gasteiger partial charge < -0.3 is 5.11 Å². The van der Waals surface area contributed by atoms with Crippen LogP contribution in [0.2, 0.25) is 0 Å². The average Bonchev–Trinajstić information content (AvgIpc) is 2.74. The Morgan fingerprint density at radius 2 is 2.00 bits per heavy atom. The average molecular weight is 216 g/mol. The summed E-state index contributed by atoms with van der Waals surface area (Å²) in [5.74, 6) is 0. The molecule has 0 aliphatic heterocycles. The van der Waals surface area contributed by atoms with Crippen molar-refractivity contribution in [3.05, 3.63) is 34.9 Å². The van der Waals surface area contributed by atoms with Crippen LogP contribution in [0.1, 0.15) is 48.8 Å². The van der Waals surface area contributed by atoms with Crippen molar-refractivity contribution < 1.29 is 5.11 Å². The molecular weight excluding hydrogens is 196 g/mol. The third-order valence-electron chi connectivity index (χ3n) is 4.62. The van der Waals surface area contributed by atoms with Crippen LogP contribution < -0.4 is 0 Å². The molecule has 0 bridgehead atoms. The first-order valence-corrected chi connectivity index (χ1v) is 6.50. The van der Waals surface area contributed by atoms with Crippen molar-refractivity contribution in [1.29, 1.82) is 0 Å². The molecule has 1 N–H and O–H groups in total. The zero-order chi connectivity index (χ0) is 11.2. The van der Waals surface area contributed by atoms with Gasteiger partial charge in [-0.25, -0.2) is 0 Å². The van der Waals surface area contributed by atoms with E-state index in [1.165, 1.54) is 42.4 Å². The quantitative estimate of drug-likeness (QED) is 0.706. The molecule has 0 radical (unpaired) electrons. The summed E-state index contributed by atoms with van der Waals surface area (Å²) >= 11 is 0. The summed E-state index contributed by atoms with van der Waals surface area (Å²) < 4.78 is 0. The molecule has 0 amide bonds. The lowest BCUT2D eigenvalue weighted by molar-refractivity contribution is 0.0661. The summed E-state index contributed by atoms with van der Waals surface area (Å²) in [6.07, 6.45) is 6.84. The fourth-order valence-corrected chi connectivity index (χ4v) is 3.77. The van der Waals surface area contributed by atoms with Crippen LogP contribution in [-0.2, 0) is 11.8 Å². The summed E-state index contributed by atoms with van der Waals surface area (Å²) in [5.41, 5.74) is 4.41. The first kappa shape index (κ1) is 10.3. The molecule has 2 aliphatic rings. The predicted octanol–water partition coefficient (Wildman–Crippen LogP) is 3.11. The Morgan fingerprint density at radius 3 is 2.75 bits per heavy atom. The van der Waals surface area contributed by atoms with E-state index < -0.39 is 0 Å². The van der Waals surface area contributed by atoms with Crippen LogP contribution >= 0.6 is 0 Å². The Bertz CT molecular complexity index is 402. The minimum absolute atomic E-state index is 0.106. The summed E-state index contributed by atoms with van der Waals surface area (Å²) in [6.45, 7) is 2.16. The summed E-state index contributed by atoms with van der Waals surface area (Å²) in [7, 11) is 0. The molecule has 1 aromatic rings. The van der Waals surface area contributed by atoms with Crippen molar-refractivity contribution >= 4 is 0 Å². The molecule has 0 aromatic heterocycles. The molecule has 1 unspecified atom stereocenters. The zero-order valence-corrected chi connectivity index (χ0v) is 10.00. The molecule has 0 saturated heterocycles. The maximum Gasteiger partial charge on any atom is 0.0640 e. The Kier molecular flexibility index (Phi) is 2.32. The Balaban J connectivity index is 2.13. The Morgan fingerprint density at radius 1 is 1.25 bits per heavy atom. The highest BCUT2D eigenvalue weighted by molar-refractivity contribution is 5.41. The molecule has 3 rings (SSSR count). The minimum atomic E-state index is -0.106. The van der Waals surface area contributed by atoms with Gasteiger partial charge >= 0.3 is 0 Å². The number of aryl methyl sites for hydroxylation is 2. The van der Waals surface area contributed by atoms with E-state index in [2.05, 4.69) is 25.1 Å². The highest BCUT2D eigenvalue weighted by Gasteiger charge is 2.45. The molecule has 86 valence electrons. The topological polar surface area (TPSA) is 20.2 Å².